The Kier molecular flexibility index (Phi) is 3.93. The molecule has 0 aliphatic carbocycles. The zero-order chi connectivity index (χ0) is 12.3. The number of nitrogens with one attached hydrogen (secondary N) is 1. The second kappa shape index (κ2) is 5.44. The number of piperazine rings is 1. The summed E-state index contributed by atoms with van der Waals surface area (Å²) in [5.41, 5.74) is 6.42. The van der Waals surface area contributed by atoms with Gasteiger partial charge >= 0.3 is 0 Å². The molecule has 92 valence electrons. The summed E-state index contributed by atoms with van der Waals surface area (Å²) < 4.78 is 0. The first kappa shape index (κ1) is 12.3. The van der Waals surface area contributed by atoms with Crippen LogP contribution in [0.1, 0.15) is 5.56 Å². The van der Waals surface area contributed by atoms with E-state index in [4.69, 9.17) is 17.3 Å². The number of carbonyl (C=O) groups is 1. The van der Waals surface area contributed by atoms with Crippen molar-refractivity contribution in [3.8, 4) is 0 Å². The van der Waals surface area contributed by atoms with E-state index in [1.807, 2.05) is 12.1 Å². The molecule has 5 nitrogen and oxygen atoms in total. The number of aromatic nitrogens is 1. The molecule has 1 fully saturated rings. The number of primary amides is 1. The SMILES string of the molecule is NC(=O)C1CNCCN1Cc1ccnc(Cl)c1. The second-order valence-corrected chi connectivity index (χ2v) is 4.47. The first-order valence-corrected chi connectivity index (χ1v) is 5.89. The third kappa shape index (κ3) is 3.15. The van der Waals surface area contributed by atoms with Crippen molar-refractivity contribution in [2.75, 3.05) is 19.6 Å². The molecule has 6 heteroatoms. The predicted octanol–water partition coefficient (Wildman–Crippen LogP) is -0.00590. The molecule has 1 aliphatic heterocycles. The van der Waals surface area contributed by atoms with Gasteiger partial charge < -0.3 is 11.1 Å². The summed E-state index contributed by atoms with van der Waals surface area (Å²) in [6.45, 7) is 2.93. The normalized spacial score (nSPS) is 21.4. The Balaban J connectivity index is 2.08. The number of amides is 1. The molecule has 0 spiro atoms. The number of carbonyl (C=O) groups excluding carboxylic acids is 1. The van der Waals surface area contributed by atoms with Gasteiger partial charge in [-0.1, -0.05) is 11.6 Å². The summed E-state index contributed by atoms with van der Waals surface area (Å²) in [5, 5.41) is 3.63. The summed E-state index contributed by atoms with van der Waals surface area (Å²) in [6, 6.07) is 3.45. The van der Waals surface area contributed by atoms with E-state index in [-0.39, 0.29) is 11.9 Å². The summed E-state index contributed by atoms with van der Waals surface area (Å²) in [4.78, 5) is 17.3. The number of hydrogen-bond acceptors (Lipinski definition) is 4. The maximum absolute atomic E-state index is 11.3. The van der Waals surface area contributed by atoms with Crippen LogP contribution < -0.4 is 11.1 Å². The third-order valence-electron chi connectivity index (χ3n) is 2.86. The van der Waals surface area contributed by atoms with Gasteiger partial charge in [-0.25, -0.2) is 4.98 Å². The van der Waals surface area contributed by atoms with E-state index in [2.05, 4.69) is 15.2 Å². The lowest BCUT2D eigenvalue weighted by molar-refractivity contribution is -0.124. The highest BCUT2D eigenvalue weighted by Crippen LogP contribution is 2.12. The molecule has 3 N–H and O–H groups in total. The fourth-order valence-electron chi connectivity index (χ4n) is 1.99. The average Bonchev–Trinajstić information content (AvgIpc) is 2.29. The minimum absolute atomic E-state index is 0.254. The van der Waals surface area contributed by atoms with E-state index in [1.165, 1.54) is 0 Å². The Morgan fingerprint density at radius 3 is 3.24 bits per heavy atom. The van der Waals surface area contributed by atoms with Crippen molar-refractivity contribution in [3.05, 3.63) is 29.0 Å². The van der Waals surface area contributed by atoms with E-state index in [0.717, 1.165) is 18.7 Å². The van der Waals surface area contributed by atoms with Crippen LogP contribution in [0.25, 0.3) is 0 Å². The first-order valence-electron chi connectivity index (χ1n) is 5.51. The predicted molar refractivity (Wildman–Crippen MR) is 65.5 cm³/mol. The lowest BCUT2D eigenvalue weighted by Crippen LogP contribution is -2.56. The zero-order valence-electron chi connectivity index (χ0n) is 9.40. The van der Waals surface area contributed by atoms with Gasteiger partial charge in [0.05, 0.1) is 0 Å². The van der Waals surface area contributed by atoms with Gasteiger partial charge in [-0.15, -0.1) is 0 Å². The molecule has 17 heavy (non-hydrogen) atoms. The Hall–Kier alpha value is -1.17. The van der Waals surface area contributed by atoms with Gasteiger partial charge in [0.2, 0.25) is 5.91 Å². The van der Waals surface area contributed by atoms with Crippen LogP contribution in [0.3, 0.4) is 0 Å². The van der Waals surface area contributed by atoms with E-state index in [9.17, 15) is 4.79 Å². The van der Waals surface area contributed by atoms with E-state index >= 15 is 0 Å². The molecule has 1 amide bonds. The fraction of sp³-hybridized carbons (Fsp3) is 0.455. The van der Waals surface area contributed by atoms with Crippen LogP contribution >= 0.6 is 11.6 Å². The van der Waals surface area contributed by atoms with Crippen molar-refractivity contribution in [1.29, 1.82) is 0 Å². The Labute approximate surface area is 105 Å². The quantitative estimate of drug-likeness (QED) is 0.745. The van der Waals surface area contributed by atoms with Crippen molar-refractivity contribution < 1.29 is 4.79 Å². The molecular formula is C11H15ClN4O. The highest BCUT2D eigenvalue weighted by molar-refractivity contribution is 6.29. The average molecular weight is 255 g/mol. The molecule has 1 atom stereocenters. The standard InChI is InChI=1S/C11H15ClN4O/c12-10-5-8(1-2-15-10)7-16-4-3-14-6-9(16)11(13)17/h1-2,5,9,14H,3-4,6-7H2,(H2,13,17). The number of hydrogen-bond donors (Lipinski definition) is 2. The number of nitrogens with two attached hydrogens (primary N) is 1. The molecule has 0 aromatic carbocycles. The van der Waals surface area contributed by atoms with Crippen molar-refractivity contribution >= 4 is 17.5 Å². The lowest BCUT2D eigenvalue weighted by atomic mass is 10.1. The molecule has 0 saturated carbocycles. The molecule has 2 rings (SSSR count). The van der Waals surface area contributed by atoms with Crippen LogP contribution in [0.5, 0.6) is 0 Å². The molecule has 1 aliphatic rings. The lowest BCUT2D eigenvalue weighted by Gasteiger charge is -2.34. The van der Waals surface area contributed by atoms with Gasteiger partial charge in [-0.2, -0.15) is 0 Å². The van der Waals surface area contributed by atoms with Gasteiger partial charge in [0.1, 0.15) is 11.2 Å². The highest BCUT2D eigenvalue weighted by Gasteiger charge is 2.26. The molecule has 2 heterocycles. The Morgan fingerprint density at radius 2 is 2.53 bits per heavy atom. The maximum atomic E-state index is 11.3. The monoisotopic (exact) mass is 254 g/mol. The molecule has 0 radical (unpaired) electrons. The van der Waals surface area contributed by atoms with Crippen molar-refractivity contribution in [2.24, 2.45) is 5.73 Å². The molecule has 1 aromatic rings. The summed E-state index contributed by atoms with van der Waals surface area (Å²) in [7, 11) is 0. The second-order valence-electron chi connectivity index (χ2n) is 4.08. The number of rotatable bonds is 3. The van der Waals surface area contributed by atoms with Gasteiger partial charge in [0, 0.05) is 32.4 Å². The van der Waals surface area contributed by atoms with E-state index < -0.39 is 0 Å². The van der Waals surface area contributed by atoms with Gasteiger partial charge in [-0.3, -0.25) is 9.69 Å². The summed E-state index contributed by atoms with van der Waals surface area (Å²) in [5.74, 6) is -0.294. The molecular weight excluding hydrogens is 240 g/mol. The largest absolute Gasteiger partial charge is 0.368 e. The maximum Gasteiger partial charge on any atom is 0.236 e. The minimum Gasteiger partial charge on any atom is -0.368 e. The number of nitrogens with zero attached hydrogens (tertiary/aromatic N) is 2. The minimum atomic E-state index is -0.294. The van der Waals surface area contributed by atoms with Crippen molar-refractivity contribution in [2.45, 2.75) is 12.6 Å². The zero-order valence-corrected chi connectivity index (χ0v) is 10.2. The number of pyridine rings is 1. The summed E-state index contributed by atoms with van der Waals surface area (Å²) >= 11 is 5.83. The van der Waals surface area contributed by atoms with Crippen molar-refractivity contribution in [1.82, 2.24) is 15.2 Å². The summed E-state index contributed by atoms with van der Waals surface area (Å²) in [6.07, 6.45) is 1.67. The fourth-order valence-corrected chi connectivity index (χ4v) is 2.19. The van der Waals surface area contributed by atoms with Crippen LogP contribution in [0.2, 0.25) is 5.15 Å². The first-order chi connectivity index (χ1) is 8.16. The molecule has 1 unspecified atom stereocenters. The van der Waals surface area contributed by atoms with Gasteiger partial charge in [-0.05, 0) is 17.7 Å². The highest BCUT2D eigenvalue weighted by atomic mass is 35.5. The van der Waals surface area contributed by atoms with Crippen molar-refractivity contribution in [3.63, 3.8) is 0 Å². The van der Waals surface area contributed by atoms with Crippen LogP contribution in [-0.4, -0.2) is 41.5 Å². The van der Waals surface area contributed by atoms with Gasteiger partial charge in [0.15, 0.2) is 0 Å². The topological polar surface area (TPSA) is 71.2 Å². The van der Waals surface area contributed by atoms with Gasteiger partial charge in [0.25, 0.3) is 0 Å². The molecule has 1 saturated heterocycles. The number of halogens is 1. The van der Waals surface area contributed by atoms with Crippen LogP contribution in [0, 0.1) is 0 Å². The smallest absolute Gasteiger partial charge is 0.236 e. The molecule has 0 bridgehead atoms. The molecule has 1 aromatic heterocycles. The Bertz CT molecular complexity index is 412. The van der Waals surface area contributed by atoms with Crippen LogP contribution in [0.4, 0.5) is 0 Å². The van der Waals surface area contributed by atoms with Crippen LogP contribution in [-0.2, 0) is 11.3 Å². The van der Waals surface area contributed by atoms with E-state index in [1.54, 1.807) is 6.20 Å². The van der Waals surface area contributed by atoms with Crippen LogP contribution in [0.15, 0.2) is 18.3 Å². The third-order valence-corrected chi connectivity index (χ3v) is 3.07. The van der Waals surface area contributed by atoms with E-state index in [0.29, 0.717) is 18.2 Å². The Morgan fingerprint density at radius 1 is 1.71 bits per heavy atom.